The van der Waals surface area contributed by atoms with E-state index in [2.05, 4.69) is 19.9 Å². The second-order valence-corrected chi connectivity index (χ2v) is 5.01. The first-order valence-corrected chi connectivity index (χ1v) is 5.55. The van der Waals surface area contributed by atoms with Crippen molar-refractivity contribution in [1.29, 1.82) is 0 Å². The largest absolute Gasteiger partial charge is 0.516 e. The molecule has 0 unspecified atom stereocenters. The van der Waals surface area contributed by atoms with Gasteiger partial charge in [-0.25, -0.2) is 0 Å². The highest BCUT2D eigenvalue weighted by atomic mass is 16.2. The molecule has 1 nitrogen and oxygen atoms in total. The molecule has 1 N–H and O–H groups in total. The maximum Gasteiger partial charge on any atom is 0.0781 e. The van der Waals surface area contributed by atoms with Gasteiger partial charge in [0.15, 0.2) is 0 Å². The molecule has 80 valence electrons. The van der Waals surface area contributed by atoms with E-state index in [1.165, 1.54) is 31.9 Å². The van der Waals surface area contributed by atoms with E-state index in [0.717, 1.165) is 12.0 Å². The van der Waals surface area contributed by atoms with Crippen molar-refractivity contribution >= 4 is 0 Å². The van der Waals surface area contributed by atoms with Gasteiger partial charge in [-0.3, -0.25) is 0 Å². The summed E-state index contributed by atoms with van der Waals surface area (Å²) in [5, 5.41) is 8.91. The number of hydrogen-bond acceptors (Lipinski definition) is 1. The van der Waals surface area contributed by atoms with E-state index >= 15 is 0 Å². The molecule has 0 spiro atoms. The van der Waals surface area contributed by atoms with Crippen molar-refractivity contribution in [3.63, 3.8) is 0 Å². The monoisotopic (exact) mass is 194 g/mol. The highest BCUT2D eigenvalue weighted by Crippen LogP contribution is 2.38. The van der Waals surface area contributed by atoms with Gasteiger partial charge in [0.1, 0.15) is 0 Å². The predicted octanol–water partition coefficient (Wildman–Crippen LogP) is 4.36. The molecule has 14 heavy (non-hydrogen) atoms. The highest BCUT2D eigenvalue weighted by molar-refractivity contribution is 5.17. The van der Waals surface area contributed by atoms with E-state index in [4.69, 9.17) is 5.11 Å². The summed E-state index contributed by atoms with van der Waals surface area (Å²) in [7, 11) is 0. The summed E-state index contributed by atoms with van der Waals surface area (Å²) in [6, 6.07) is 0. The molecule has 0 aromatic heterocycles. The Bertz CT molecular complexity index is 246. The van der Waals surface area contributed by atoms with Crippen LogP contribution in [-0.4, -0.2) is 5.11 Å². The lowest BCUT2D eigenvalue weighted by atomic mass is 9.75. The lowest BCUT2D eigenvalue weighted by Gasteiger charge is -2.30. The molecule has 1 aliphatic carbocycles. The highest BCUT2D eigenvalue weighted by Gasteiger charge is 2.24. The van der Waals surface area contributed by atoms with Crippen LogP contribution in [0.1, 0.15) is 52.9 Å². The van der Waals surface area contributed by atoms with E-state index in [9.17, 15) is 0 Å². The quantitative estimate of drug-likeness (QED) is 0.522. The molecule has 0 bridgehead atoms. The van der Waals surface area contributed by atoms with Gasteiger partial charge < -0.3 is 5.11 Å². The third kappa shape index (κ3) is 2.90. The van der Waals surface area contributed by atoms with Crippen molar-refractivity contribution in [2.24, 2.45) is 5.41 Å². The summed E-state index contributed by atoms with van der Waals surface area (Å²) in [6.45, 7) is 6.54. The molecular weight excluding hydrogens is 172 g/mol. The number of allylic oxidation sites excluding steroid dienone is 3. The average Bonchev–Trinajstić information content (AvgIpc) is 2.18. The lowest BCUT2D eigenvalue weighted by Crippen LogP contribution is -2.17. The van der Waals surface area contributed by atoms with Gasteiger partial charge in [-0.15, -0.1) is 0 Å². The Morgan fingerprint density at radius 2 is 2.21 bits per heavy atom. The van der Waals surface area contributed by atoms with Crippen LogP contribution in [0, 0.1) is 5.41 Å². The van der Waals surface area contributed by atoms with Gasteiger partial charge in [0, 0.05) is 0 Å². The normalized spacial score (nSPS) is 19.4. The maximum absolute atomic E-state index is 8.91. The van der Waals surface area contributed by atoms with Crippen LogP contribution in [-0.2, 0) is 0 Å². The minimum Gasteiger partial charge on any atom is -0.516 e. The van der Waals surface area contributed by atoms with E-state index in [0.29, 0.717) is 0 Å². The van der Waals surface area contributed by atoms with Gasteiger partial charge in [-0.05, 0) is 50.0 Å². The molecule has 1 rings (SSSR count). The summed E-state index contributed by atoms with van der Waals surface area (Å²) in [6.07, 6.45) is 9.76. The fourth-order valence-corrected chi connectivity index (χ4v) is 2.31. The zero-order valence-corrected chi connectivity index (χ0v) is 9.64. The molecule has 0 saturated heterocycles. The molecule has 0 aromatic carbocycles. The van der Waals surface area contributed by atoms with Gasteiger partial charge in [-0.1, -0.05) is 25.5 Å². The number of aliphatic hydroxyl groups is 1. The van der Waals surface area contributed by atoms with Crippen molar-refractivity contribution in [3.05, 3.63) is 23.5 Å². The van der Waals surface area contributed by atoms with Crippen molar-refractivity contribution < 1.29 is 5.11 Å². The van der Waals surface area contributed by atoms with Crippen LogP contribution < -0.4 is 0 Å². The second-order valence-electron chi connectivity index (χ2n) is 5.01. The van der Waals surface area contributed by atoms with Gasteiger partial charge >= 0.3 is 0 Å². The van der Waals surface area contributed by atoms with Crippen LogP contribution in [0.25, 0.3) is 0 Å². The molecule has 0 fully saturated rings. The third-order valence-corrected chi connectivity index (χ3v) is 3.10. The Hall–Kier alpha value is -0.720. The van der Waals surface area contributed by atoms with Crippen LogP contribution >= 0.6 is 0 Å². The molecule has 0 radical (unpaired) electrons. The maximum atomic E-state index is 8.91. The zero-order chi connectivity index (χ0) is 10.6. The molecule has 1 aliphatic rings. The summed E-state index contributed by atoms with van der Waals surface area (Å²) in [5.74, 6) is 0. The fourth-order valence-electron chi connectivity index (χ4n) is 2.31. The predicted molar refractivity (Wildman–Crippen MR) is 61.3 cm³/mol. The van der Waals surface area contributed by atoms with E-state index in [-0.39, 0.29) is 5.41 Å². The molecule has 0 aromatic rings. The SMILES string of the molecule is CC(=CO)CC(C)(C)C1=CCCCC1. The van der Waals surface area contributed by atoms with E-state index in [1.54, 1.807) is 5.57 Å². The topological polar surface area (TPSA) is 20.2 Å². The van der Waals surface area contributed by atoms with Crippen molar-refractivity contribution in [2.75, 3.05) is 0 Å². The third-order valence-electron chi connectivity index (χ3n) is 3.10. The van der Waals surface area contributed by atoms with Crippen molar-refractivity contribution in [1.82, 2.24) is 0 Å². The van der Waals surface area contributed by atoms with Gasteiger partial charge in [-0.2, -0.15) is 0 Å². The minimum absolute atomic E-state index is 0.226. The number of aliphatic hydroxyl groups excluding tert-OH is 1. The van der Waals surface area contributed by atoms with Crippen LogP contribution in [0.15, 0.2) is 23.5 Å². The first-order valence-electron chi connectivity index (χ1n) is 5.55. The molecule has 0 amide bonds. The molecule has 0 saturated carbocycles. The summed E-state index contributed by atoms with van der Waals surface area (Å²) >= 11 is 0. The van der Waals surface area contributed by atoms with E-state index in [1.807, 2.05) is 6.92 Å². The van der Waals surface area contributed by atoms with Crippen LogP contribution in [0.3, 0.4) is 0 Å². The van der Waals surface area contributed by atoms with Crippen LogP contribution in [0.5, 0.6) is 0 Å². The van der Waals surface area contributed by atoms with Crippen LogP contribution in [0.2, 0.25) is 0 Å². The van der Waals surface area contributed by atoms with Gasteiger partial charge in [0.2, 0.25) is 0 Å². The lowest BCUT2D eigenvalue weighted by molar-refractivity contribution is 0.396. The van der Waals surface area contributed by atoms with Gasteiger partial charge in [0.05, 0.1) is 6.26 Å². The average molecular weight is 194 g/mol. The fraction of sp³-hybridized carbons (Fsp3) is 0.692. The minimum atomic E-state index is 0.226. The standard InChI is InChI=1S/C13H22O/c1-11(10-14)9-13(2,3)12-7-5-4-6-8-12/h7,10,14H,4-6,8-9H2,1-3H3. The molecule has 0 atom stereocenters. The Labute approximate surface area is 87.5 Å². The van der Waals surface area contributed by atoms with Crippen molar-refractivity contribution in [3.8, 4) is 0 Å². The molecular formula is C13H22O. The Morgan fingerprint density at radius 1 is 1.50 bits per heavy atom. The zero-order valence-electron chi connectivity index (χ0n) is 9.64. The number of rotatable bonds is 3. The summed E-state index contributed by atoms with van der Waals surface area (Å²) in [4.78, 5) is 0. The molecule has 0 aliphatic heterocycles. The Morgan fingerprint density at radius 3 is 2.71 bits per heavy atom. The number of hydrogen-bond donors (Lipinski definition) is 1. The first kappa shape index (κ1) is 11.4. The molecule has 1 heteroatoms. The van der Waals surface area contributed by atoms with Crippen LogP contribution in [0.4, 0.5) is 0 Å². The van der Waals surface area contributed by atoms with E-state index < -0.39 is 0 Å². The summed E-state index contributed by atoms with van der Waals surface area (Å²) in [5.41, 5.74) is 2.87. The second kappa shape index (κ2) is 4.68. The Kier molecular flexibility index (Phi) is 3.79. The smallest absolute Gasteiger partial charge is 0.0781 e. The molecule has 0 heterocycles. The van der Waals surface area contributed by atoms with Gasteiger partial charge in [0.25, 0.3) is 0 Å². The Balaban J connectivity index is 2.68. The first-order chi connectivity index (χ1) is 6.56. The summed E-state index contributed by atoms with van der Waals surface area (Å²) < 4.78 is 0. The van der Waals surface area contributed by atoms with Crippen molar-refractivity contribution in [2.45, 2.75) is 52.9 Å².